The summed E-state index contributed by atoms with van der Waals surface area (Å²) >= 11 is 0.678. The smallest absolute Gasteiger partial charge is 0.280 e. The van der Waals surface area contributed by atoms with Gasteiger partial charge in [0.2, 0.25) is 0 Å². The van der Waals surface area contributed by atoms with E-state index in [0.717, 1.165) is 17.2 Å². The molecule has 13 heteroatoms. The molecule has 2 atom stereocenters. The first-order valence-corrected chi connectivity index (χ1v) is 12.1. The van der Waals surface area contributed by atoms with Gasteiger partial charge in [0.25, 0.3) is 24.2 Å². The van der Waals surface area contributed by atoms with E-state index in [9.17, 15) is 32.3 Å². The number of nitrogens with one attached hydrogen (secondary N) is 2. The molecule has 1 saturated heterocycles. The van der Waals surface area contributed by atoms with Crippen molar-refractivity contribution in [1.29, 1.82) is 0 Å². The van der Waals surface area contributed by atoms with Gasteiger partial charge in [-0.15, -0.1) is 11.3 Å². The van der Waals surface area contributed by atoms with Crippen LogP contribution in [0, 0.1) is 0 Å². The van der Waals surface area contributed by atoms with Crippen LogP contribution in [0.2, 0.25) is 0 Å². The average molecular weight is 532 g/mol. The van der Waals surface area contributed by atoms with Gasteiger partial charge in [0, 0.05) is 41.4 Å². The number of nitrogens with zero attached hydrogens (tertiary/aromatic N) is 3. The Balaban J connectivity index is 2.13. The molecule has 1 unspecified atom stereocenters. The van der Waals surface area contributed by atoms with Crippen molar-refractivity contribution < 1.29 is 32.3 Å². The average Bonchev–Trinajstić information content (AvgIpc) is 3.32. The van der Waals surface area contributed by atoms with E-state index in [-0.39, 0.29) is 33.6 Å². The minimum Gasteiger partial charge on any atom is -0.394 e. The Morgan fingerprint density at radius 2 is 2.00 bits per heavy atom. The third-order valence-electron chi connectivity index (χ3n) is 5.38. The standard InChI is InChI=1S/C23H29F4N5O3S/c1-11(9-33)29-19(34)20-30-16(21(35)32-10-23(26,27)7-12(32)2)17(36-20)14-8-28-15(31-22(3,4)5)6-13(14)18(24)25/h6,8,11-12,18,33H,7,9-10H2,1-5H3,(H,28,31)(H,29,34)/t11?,12-/m0/s1. The molecular weight excluding hydrogens is 502 g/mol. The molecule has 2 aromatic rings. The van der Waals surface area contributed by atoms with Crippen LogP contribution in [-0.4, -0.2) is 68.5 Å². The lowest BCUT2D eigenvalue weighted by Crippen LogP contribution is -2.36. The Morgan fingerprint density at radius 3 is 2.53 bits per heavy atom. The number of halogens is 4. The van der Waals surface area contributed by atoms with Crippen LogP contribution in [0.5, 0.6) is 0 Å². The van der Waals surface area contributed by atoms with E-state index in [1.165, 1.54) is 13.8 Å². The van der Waals surface area contributed by atoms with Gasteiger partial charge < -0.3 is 20.6 Å². The second kappa shape index (κ2) is 10.3. The number of hydrogen-bond acceptors (Lipinski definition) is 7. The van der Waals surface area contributed by atoms with Crippen molar-refractivity contribution in [2.45, 2.75) is 71.0 Å². The number of hydrogen-bond donors (Lipinski definition) is 3. The van der Waals surface area contributed by atoms with E-state index < -0.39 is 60.3 Å². The summed E-state index contributed by atoms with van der Waals surface area (Å²) in [7, 11) is 0. The molecule has 3 N–H and O–H groups in total. The number of aromatic nitrogens is 2. The molecule has 3 heterocycles. The van der Waals surface area contributed by atoms with Crippen molar-refractivity contribution >= 4 is 29.0 Å². The van der Waals surface area contributed by atoms with Gasteiger partial charge in [0.15, 0.2) is 5.01 Å². The molecule has 198 valence electrons. The Hall–Kier alpha value is -2.80. The summed E-state index contributed by atoms with van der Waals surface area (Å²) in [5.41, 5.74) is -1.43. The summed E-state index contributed by atoms with van der Waals surface area (Å²) in [6, 6.07) is -0.304. The normalized spacial score (nSPS) is 18.4. The molecule has 0 radical (unpaired) electrons. The van der Waals surface area contributed by atoms with Crippen LogP contribution in [0.1, 0.15) is 73.3 Å². The second-order valence-corrected chi connectivity index (χ2v) is 10.9. The van der Waals surface area contributed by atoms with Crippen LogP contribution in [0.4, 0.5) is 23.4 Å². The van der Waals surface area contributed by atoms with Gasteiger partial charge in [-0.1, -0.05) is 0 Å². The highest BCUT2D eigenvalue weighted by Gasteiger charge is 2.46. The molecule has 3 rings (SSSR count). The summed E-state index contributed by atoms with van der Waals surface area (Å²) < 4.78 is 56.3. The molecular formula is C23H29F4N5O3S. The molecule has 1 aliphatic heterocycles. The van der Waals surface area contributed by atoms with Gasteiger partial charge in [0.05, 0.1) is 18.0 Å². The Bertz CT molecular complexity index is 1140. The van der Waals surface area contributed by atoms with E-state index in [1.54, 1.807) is 0 Å². The van der Waals surface area contributed by atoms with E-state index in [1.807, 2.05) is 20.8 Å². The minimum absolute atomic E-state index is 0.0747. The zero-order valence-corrected chi connectivity index (χ0v) is 21.4. The largest absolute Gasteiger partial charge is 0.394 e. The monoisotopic (exact) mass is 531 g/mol. The number of carbonyl (C=O) groups is 2. The number of anilines is 1. The minimum atomic E-state index is -3.10. The maximum Gasteiger partial charge on any atom is 0.280 e. The summed E-state index contributed by atoms with van der Waals surface area (Å²) in [6.07, 6.45) is -2.36. The van der Waals surface area contributed by atoms with Crippen LogP contribution >= 0.6 is 11.3 Å². The van der Waals surface area contributed by atoms with Gasteiger partial charge in [0.1, 0.15) is 11.5 Å². The molecule has 0 aliphatic carbocycles. The number of rotatable bonds is 7. The SMILES string of the molecule is CC(CO)NC(=O)c1nc(C(=O)N2CC(F)(F)C[C@@H]2C)c(-c2cnc(NC(C)(C)C)cc2C(F)F)s1. The van der Waals surface area contributed by atoms with Gasteiger partial charge in [-0.3, -0.25) is 9.59 Å². The molecule has 0 bridgehead atoms. The number of amides is 2. The van der Waals surface area contributed by atoms with Crippen molar-refractivity contribution in [3.05, 3.63) is 28.5 Å². The van der Waals surface area contributed by atoms with Crippen LogP contribution in [0.25, 0.3) is 10.4 Å². The predicted molar refractivity (Wildman–Crippen MR) is 128 cm³/mol. The number of carbonyl (C=O) groups excluding carboxylic acids is 2. The zero-order chi connectivity index (χ0) is 27.0. The molecule has 8 nitrogen and oxygen atoms in total. The maximum atomic E-state index is 14.1. The fourth-order valence-electron chi connectivity index (χ4n) is 3.79. The number of pyridine rings is 1. The lowest BCUT2D eigenvalue weighted by Gasteiger charge is -2.22. The molecule has 1 aliphatic rings. The van der Waals surface area contributed by atoms with Crippen molar-refractivity contribution in [1.82, 2.24) is 20.2 Å². The highest BCUT2D eigenvalue weighted by molar-refractivity contribution is 7.17. The molecule has 0 spiro atoms. The lowest BCUT2D eigenvalue weighted by atomic mass is 10.1. The highest BCUT2D eigenvalue weighted by atomic mass is 32.1. The van der Waals surface area contributed by atoms with E-state index >= 15 is 0 Å². The summed E-state index contributed by atoms with van der Waals surface area (Å²) in [4.78, 5) is 35.1. The van der Waals surface area contributed by atoms with Crippen LogP contribution in [-0.2, 0) is 0 Å². The van der Waals surface area contributed by atoms with Gasteiger partial charge in [-0.05, 0) is 40.7 Å². The fourth-order valence-corrected chi connectivity index (χ4v) is 4.78. The topological polar surface area (TPSA) is 107 Å². The van der Waals surface area contributed by atoms with Crippen molar-refractivity contribution in [2.75, 3.05) is 18.5 Å². The van der Waals surface area contributed by atoms with Crippen molar-refractivity contribution in [2.24, 2.45) is 0 Å². The zero-order valence-electron chi connectivity index (χ0n) is 20.5. The Labute approximate surface area is 210 Å². The molecule has 0 saturated carbocycles. The van der Waals surface area contributed by atoms with Crippen LogP contribution in [0.15, 0.2) is 12.3 Å². The summed E-state index contributed by atoms with van der Waals surface area (Å²) in [5, 5.41) is 14.5. The molecule has 1 fully saturated rings. The maximum absolute atomic E-state index is 14.1. The Kier molecular flexibility index (Phi) is 7.94. The van der Waals surface area contributed by atoms with Gasteiger partial charge in [-0.2, -0.15) is 0 Å². The number of aliphatic hydroxyl groups is 1. The number of alkyl halides is 4. The number of aliphatic hydroxyl groups excluding tert-OH is 1. The first-order chi connectivity index (χ1) is 16.6. The molecule has 2 amide bonds. The van der Waals surface area contributed by atoms with Crippen molar-refractivity contribution in [3.8, 4) is 10.4 Å². The third kappa shape index (κ3) is 6.30. The van der Waals surface area contributed by atoms with Crippen molar-refractivity contribution in [3.63, 3.8) is 0 Å². The molecule has 0 aromatic carbocycles. The third-order valence-corrected chi connectivity index (χ3v) is 6.47. The first kappa shape index (κ1) is 27.8. The van der Waals surface area contributed by atoms with Gasteiger partial charge in [-0.25, -0.2) is 27.5 Å². The van der Waals surface area contributed by atoms with E-state index in [4.69, 9.17) is 0 Å². The number of thiazole rings is 1. The highest BCUT2D eigenvalue weighted by Crippen LogP contribution is 2.40. The van der Waals surface area contributed by atoms with E-state index in [0.29, 0.717) is 11.3 Å². The van der Waals surface area contributed by atoms with Crippen LogP contribution in [0.3, 0.4) is 0 Å². The Morgan fingerprint density at radius 1 is 1.33 bits per heavy atom. The quantitative estimate of drug-likeness (QED) is 0.459. The summed E-state index contributed by atoms with van der Waals surface area (Å²) in [6.45, 7) is 7.27. The molecule has 36 heavy (non-hydrogen) atoms. The second-order valence-electron chi connectivity index (χ2n) is 9.93. The predicted octanol–water partition coefficient (Wildman–Crippen LogP) is 4.33. The lowest BCUT2D eigenvalue weighted by molar-refractivity contribution is 0.0118. The van der Waals surface area contributed by atoms with E-state index in [2.05, 4.69) is 20.6 Å². The first-order valence-electron chi connectivity index (χ1n) is 11.3. The van der Waals surface area contributed by atoms with Gasteiger partial charge >= 0.3 is 0 Å². The number of likely N-dealkylation sites (tertiary alicyclic amines) is 1. The molecule has 2 aromatic heterocycles. The van der Waals surface area contributed by atoms with Crippen LogP contribution < -0.4 is 10.6 Å². The summed E-state index contributed by atoms with van der Waals surface area (Å²) in [5.74, 6) is -4.55. The fraction of sp³-hybridized carbons (Fsp3) is 0.565.